The second kappa shape index (κ2) is 6.35. The summed E-state index contributed by atoms with van der Waals surface area (Å²) in [5, 5.41) is 5.65. The quantitative estimate of drug-likeness (QED) is 0.814. The lowest BCUT2D eigenvalue weighted by molar-refractivity contribution is 0.705. The van der Waals surface area contributed by atoms with Crippen LogP contribution >= 0.6 is 11.3 Å². The van der Waals surface area contributed by atoms with Crippen LogP contribution < -0.4 is 5.32 Å². The molecule has 4 heteroatoms. The first-order valence-electron chi connectivity index (χ1n) is 7.00. The molecule has 0 unspecified atom stereocenters. The average molecular weight is 277 g/mol. The summed E-state index contributed by atoms with van der Waals surface area (Å²) >= 11 is 1.71. The summed E-state index contributed by atoms with van der Waals surface area (Å²) < 4.78 is 2.26. The van der Waals surface area contributed by atoms with E-state index in [4.69, 9.17) is 0 Å². The van der Waals surface area contributed by atoms with E-state index in [0.29, 0.717) is 0 Å². The van der Waals surface area contributed by atoms with Gasteiger partial charge >= 0.3 is 0 Å². The molecule has 0 amide bonds. The second-order valence-electron chi connectivity index (χ2n) is 4.91. The molecule has 3 nitrogen and oxygen atoms in total. The lowest BCUT2D eigenvalue weighted by Crippen LogP contribution is -2.17. The van der Waals surface area contributed by atoms with Gasteiger partial charge in [-0.2, -0.15) is 0 Å². The van der Waals surface area contributed by atoms with Crippen molar-refractivity contribution >= 4 is 22.4 Å². The van der Waals surface area contributed by atoms with Crippen molar-refractivity contribution in [1.29, 1.82) is 0 Å². The first kappa shape index (κ1) is 14.3. The standard InChI is InChI=1S/C15H23N3S/c1-5-7-16-9-13(6-2)8-14-12(4)17-15-18(14)11(3)10-19-15/h8,10,16H,5-7,9H2,1-4H3. The fourth-order valence-corrected chi connectivity index (χ4v) is 3.11. The van der Waals surface area contributed by atoms with Crippen LogP contribution in [-0.4, -0.2) is 22.5 Å². The molecule has 2 aromatic heterocycles. The number of hydrogen-bond acceptors (Lipinski definition) is 3. The van der Waals surface area contributed by atoms with Gasteiger partial charge in [0.2, 0.25) is 0 Å². The number of rotatable bonds is 6. The Morgan fingerprint density at radius 3 is 2.89 bits per heavy atom. The van der Waals surface area contributed by atoms with E-state index in [1.54, 1.807) is 11.3 Å². The van der Waals surface area contributed by atoms with E-state index in [0.717, 1.165) is 30.2 Å². The first-order valence-corrected chi connectivity index (χ1v) is 7.88. The van der Waals surface area contributed by atoms with Crippen LogP contribution in [0.1, 0.15) is 43.8 Å². The maximum Gasteiger partial charge on any atom is 0.194 e. The van der Waals surface area contributed by atoms with Gasteiger partial charge in [0.1, 0.15) is 0 Å². The van der Waals surface area contributed by atoms with Crippen molar-refractivity contribution in [3.63, 3.8) is 0 Å². The van der Waals surface area contributed by atoms with Crippen LogP contribution in [-0.2, 0) is 0 Å². The molecule has 0 atom stereocenters. The molecule has 0 radical (unpaired) electrons. The minimum atomic E-state index is 0.972. The number of nitrogens with zero attached hydrogens (tertiary/aromatic N) is 2. The number of aryl methyl sites for hydroxylation is 2. The van der Waals surface area contributed by atoms with E-state index in [9.17, 15) is 0 Å². The largest absolute Gasteiger partial charge is 0.313 e. The van der Waals surface area contributed by atoms with Crippen molar-refractivity contribution in [2.75, 3.05) is 13.1 Å². The molecule has 0 aliphatic heterocycles. The summed E-state index contributed by atoms with van der Waals surface area (Å²) in [6.07, 6.45) is 4.56. The molecule has 2 heterocycles. The van der Waals surface area contributed by atoms with Crippen LogP contribution in [0, 0.1) is 13.8 Å². The Bertz CT molecular complexity index is 577. The van der Waals surface area contributed by atoms with Gasteiger partial charge in [-0.1, -0.05) is 19.4 Å². The summed E-state index contributed by atoms with van der Waals surface area (Å²) in [5.74, 6) is 0. The van der Waals surface area contributed by atoms with Crippen LogP contribution in [0.15, 0.2) is 11.0 Å². The van der Waals surface area contributed by atoms with Crippen molar-refractivity contribution in [1.82, 2.24) is 14.7 Å². The molecular weight excluding hydrogens is 254 g/mol. The van der Waals surface area contributed by atoms with E-state index in [1.807, 2.05) is 0 Å². The van der Waals surface area contributed by atoms with E-state index in [1.165, 1.54) is 23.4 Å². The highest BCUT2D eigenvalue weighted by Crippen LogP contribution is 2.22. The number of aromatic nitrogens is 2. The van der Waals surface area contributed by atoms with Crippen LogP contribution in [0.4, 0.5) is 0 Å². The fourth-order valence-electron chi connectivity index (χ4n) is 2.19. The maximum absolute atomic E-state index is 4.63. The van der Waals surface area contributed by atoms with Crippen molar-refractivity contribution < 1.29 is 0 Å². The topological polar surface area (TPSA) is 29.3 Å². The molecule has 19 heavy (non-hydrogen) atoms. The summed E-state index contributed by atoms with van der Waals surface area (Å²) in [7, 11) is 0. The third-order valence-corrected chi connectivity index (χ3v) is 4.27. The third-order valence-electron chi connectivity index (χ3n) is 3.33. The Labute approximate surface area is 119 Å². The van der Waals surface area contributed by atoms with Gasteiger partial charge in [-0.15, -0.1) is 11.3 Å². The Morgan fingerprint density at radius 1 is 1.42 bits per heavy atom. The van der Waals surface area contributed by atoms with Crippen molar-refractivity contribution in [2.45, 2.75) is 40.5 Å². The van der Waals surface area contributed by atoms with Gasteiger partial charge < -0.3 is 5.32 Å². The minimum Gasteiger partial charge on any atom is -0.313 e. The molecule has 0 saturated heterocycles. The predicted octanol–water partition coefficient (Wildman–Crippen LogP) is 3.81. The summed E-state index contributed by atoms with van der Waals surface area (Å²) in [6.45, 7) is 10.7. The monoisotopic (exact) mass is 277 g/mol. The van der Waals surface area contributed by atoms with E-state index >= 15 is 0 Å². The molecule has 1 N–H and O–H groups in total. The van der Waals surface area contributed by atoms with Crippen LogP contribution in [0.3, 0.4) is 0 Å². The normalized spacial score (nSPS) is 12.5. The zero-order valence-corrected chi connectivity index (χ0v) is 13.1. The van der Waals surface area contributed by atoms with Gasteiger partial charge in [-0.3, -0.25) is 4.40 Å². The fraction of sp³-hybridized carbons (Fsp3) is 0.533. The number of hydrogen-bond donors (Lipinski definition) is 1. The Kier molecular flexibility index (Phi) is 4.77. The van der Waals surface area contributed by atoms with E-state index in [-0.39, 0.29) is 0 Å². The molecule has 0 aliphatic rings. The molecule has 0 fully saturated rings. The number of nitrogens with one attached hydrogen (secondary N) is 1. The number of imidazole rings is 1. The lowest BCUT2D eigenvalue weighted by Gasteiger charge is -2.07. The number of fused-ring (bicyclic) bond motifs is 1. The minimum absolute atomic E-state index is 0.972. The van der Waals surface area contributed by atoms with E-state index in [2.05, 4.69) is 53.9 Å². The van der Waals surface area contributed by atoms with E-state index < -0.39 is 0 Å². The Hall–Kier alpha value is -1.13. The molecule has 104 valence electrons. The van der Waals surface area contributed by atoms with Gasteiger partial charge in [-0.25, -0.2) is 4.98 Å². The lowest BCUT2D eigenvalue weighted by atomic mass is 10.1. The Morgan fingerprint density at radius 2 is 2.21 bits per heavy atom. The van der Waals surface area contributed by atoms with Gasteiger partial charge in [0.25, 0.3) is 0 Å². The maximum atomic E-state index is 4.63. The molecule has 2 aromatic rings. The highest BCUT2D eigenvalue weighted by Gasteiger charge is 2.10. The highest BCUT2D eigenvalue weighted by atomic mass is 32.1. The van der Waals surface area contributed by atoms with Crippen molar-refractivity contribution in [3.05, 3.63) is 28.0 Å². The summed E-state index contributed by atoms with van der Waals surface area (Å²) in [6, 6.07) is 0. The van der Waals surface area contributed by atoms with Gasteiger partial charge in [0, 0.05) is 17.6 Å². The Balaban J connectivity index is 2.31. The average Bonchev–Trinajstić information content (AvgIpc) is 2.89. The zero-order chi connectivity index (χ0) is 13.8. The number of thiazole rings is 1. The van der Waals surface area contributed by atoms with Crippen molar-refractivity contribution in [2.24, 2.45) is 0 Å². The second-order valence-corrected chi connectivity index (χ2v) is 5.75. The van der Waals surface area contributed by atoms with Crippen LogP contribution in [0.2, 0.25) is 0 Å². The predicted molar refractivity (Wildman–Crippen MR) is 84.0 cm³/mol. The molecular formula is C15H23N3S. The molecule has 0 saturated carbocycles. The van der Waals surface area contributed by atoms with Crippen LogP contribution in [0.5, 0.6) is 0 Å². The zero-order valence-electron chi connectivity index (χ0n) is 12.3. The van der Waals surface area contributed by atoms with Crippen LogP contribution in [0.25, 0.3) is 11.0 Å². The SMILES string of the molecule is CCCNCC(=Cc1c(C)nc2scc(C)n12)CC. The molecule has 0 aliphatic carbocycles. The summed E-state index contributed by atoms with van der Waals surface area (Å²) in [5.41, 5.74) is 5.06. The smallest absolute Gasteiger partial charge is 0.194 e. The molecule has 0 aromatic carbocycles. The highest BCUT2D eigenvalue weighted by molar-refractivity contribution is 7.15. The van der Waals surface area contributed by atoms with Gasteiger partial charge in [0.05, 0.1) is 11.4 Å². The van der Waals surface area contributed by atoms with Crippen molar-refractivity contribution in [3.8, 4) is 0 Å². The molecule has 0 bridgehead atoms. The first-order chi connectivity index (χ1) is 9.17. The third kappa shape index (κ3) is 3.07. The summed E-state index contributed by atoms with van der Waals surface area (Å²) in [4.78, 5) is 5.73. The molecule has 2 rings (SSSR count). The van der Waals surface area contributed by atoms with Gasteiger partial charge in [-0.05, 0) is 39.3 Å². The van der Waals surface area contributed by atoms with Gasteiger partial charge in [0.15, 0.2) is 4.96 Å². The molecule has 0 spiro atoms.